The second-order valence-corrected chi connectivity index (χ2v) is 5.97. The Balaban J connectivity index is 1.79. The van der Waals surface area contributed by atoms with Crippen LogP contribution in [0.4, 0.5) is 4.79 Å². The minimum absolute atomic E-state index is 0.0128. The highest BCUT2D eigenvalue weighted by molar-refractivity contribution is 5.89. The summed E-state index contributed by atoms with van der Waals surface area (Å²) in [7, 11) is 0. The van der Waals surface area contributed by atoms with Gasteiger partial charge in [0.2, 0.25) is 11.8 Å². The monoisotopic (exact) mass is 347 g/mol. The van der Waals surface area contributed by atoms with Gasteiger partial charge in [-0.15, -0.1) is 0 Å². The lowest BCUT2D eigenvalue weighted by molar-refractivity contribution is -0.130. The summed E-state index contributed by atoms with van der Waals surface area (Å²) < 4.78 is 4.73. The van der Waals surface area contributed by atoms with Gasteiger partial charge in [-0.25, -0.2) is 4.79 Å². The molecule has 2 N–H and O–H groups in total. The molecule has 1 aromatic carbocycles. The Morgan fingerprint density at radius 1 is 1.24 bits per heavy atom. The summed E-state index contributed by atoms with van der Waals surface area (Å²) in [5.74, 6) is -0.538. The zero-order valence-electron chi connectivity index (χ0n) is 14.7. The molecule has 7 heteroatoms. The Labute approximate surface area is 147 Å². The fourth-order valence-electron chi connectivity index (χ4n) is 2.87. The molecule has 1 aliphatic rings. The summed E-state index contributed by atoms with van der Waals surface area (Å²) >= 11 is 0. The summed E-state index contributed by atoms with van der Waals surface area (Å²) in [6.07, 6.45) is -0.287. The average molecular weight is 347 g/mol. The number of hydrogen-bond acceptors (Lipinski definition) is 4. The van der Waals surface area contributed by atoms with Crippen molar-refractivity contribution in [1.82, 2.24) is 15.5 Å². The van der Waals surface area contributed by atoms with Crippen LogP contribution < -0.4 is 10.6 Å². The molecule has 1 aromatic rings. The molecule has 2 unspecified atom stereocenters. The number of rotatable bonds is 7. The zero-order valence-corrected chi connectivity index (χ0v) is 14.7. The van der Waals surface area contributed by atoms with Crippen molar-refractivity contribution in [2.75, 3.05) is 26.2 Å². The van der Waals surface area contributed by atoms with Gasteiger partial charge in [0.05, 0.1) is 18.6 Å². The molecule has 25 heavy (non-hydrogen) atoms. The number of carbonyl (C=O) groups excluding carboxylic acids is 3. The topological polar surface area (TPSA) is 87.7 Å². The Morgan fingerprint density at radius 3 is 2.60 bits per heavy atom. The minimum atomic E-state index is -0.504. The number of amides is 3. The van der Waals surface area contributed by atoms with Gasteiger partial charge in [-0.2, -0.15) is 0 Å². The maximum absolute atomic E-state index is 12.3. The number of nitrogens with one attached hydrogen (secondary N) is 2. The molecule has 0 aromatic heterocycles. The molecule has 0 radical (unpaired) electrons. The van der Waals surface area contributed by atoms with Crippen molar-refractivity contribution in [3.63, 3.8) is 0 Å². The van der Waals surface area contributed by atoms with Crippen molar-refractivity contribution in [2.24, 2.45) is 5.92 Å². The molecule has 1 saturated heterocycles. The number of nitrogens with zero attached hydrogens (tertiary/aromatic N) is 1. The molecule has 2 atom stereocenters. The Bertz CT molecular complexity index is 606. The average Bonchev–Trinajstić information content (AvgIpc) is 3.01. The van der Waals surface area contributed by atoms with Gasteiger partial charge in [-0.05, 0) is 19.4 Å². The maximum atomic E-state index is 12.3. The van der Waals surface area contributed by atoms with Crippen molar-refractivity contribution in [3.8, 4) is 0 Å². The number of carbonyl (C=O) groups is 3. The molecule has 2 rings (SSSR count). The lowest BCUT2D eigenvalue weighted by Gasteiger charge is -2.25. The molecule has 0 bridgehead atoms. The van der Waals surface area contributed by atoms with E-state index in [-0.39, 0.29) is 36.7 Å². The first kappa shape index (κ1) is 18.8. The summed E-state index contributed by atoms with van der Waals surface area (Å²) in [6.45, 7) is 4.99. The van der Waals surface area contributed by atoms with Crippen LogP contribution in [0.25, 0.3) is 0 Å². The van der Waals surface area contributed by atoms with Gasteiger partial charge in [0.25, 0.3) is 0 Å². The molecule has 136 valence electrons. The largest absolute Gasteiger partial charge is 0.450 e. The van der Waals surface area contributed by atoms with Gasteiger partial charge in [0, 0.05) is 26.1 Å². The van der Waals surface area contributed by atoms with E-state index in [9.17, 15) is 14.4 Å². The highest BCUT2D eigenvalue weighted by Gasteiger charge is 2.36. The predicted molar refractivity (Wildman–Crippen MR) is 92.7 cm³/mol. The van der Waals surface area contributed by atoms with Crippen LogP contribution in [0.1, 0.15) is 31.9 Å². The van der Waals surface area contributed by atoms with Crippen LogP contribution in [0.2, 0.25) is 0 Å². The Morgan fingerprint density at radius 2 is 1.92 bits per heavy atom. The Hall–Kier alpha value is -2.57. The summed E-state index contributed by atoms with van der Waals surface area (Å²) in [5, 5.41) is 5.29. The van der Waals surface area contributed by atoms with Gasteiger partial charge in [-0.3, -0.25) is 9.59 Å². The predicted octanol–water partition coefficient (Wildman–Crippen LogP) is 1.46. The fraction of sp³-hybridized carbons (Fsp3) is 0.500. The van der Waals surface area contributed by atoms with E-state index in [1.807, 2.05) is 37.3 Å². The van der Waals surface area contributed by atoms with Crippen LogP contribution in [0, 0.1) is 5.92 Å². The van der Waals surface area contributed by atoms with Crippen LogP contribution in [0.3, 0.4) is 0 Å². The summed E-state index contributed by atoms with van der Waals surface area (Å²) in [6, 6.07) is 9.71. The van der Waals surface area contributed by atoms with Gasteiger partial charge >= 0.3 is 6.09 Å². The van der Waals surface area contributed by atoms with Gasteiger partial charge in [-0.1, -0.05) is 30.3 Å². The highest BCUT2D eigenvalue weighted by atomic mass is 16.5. The SMILES string of the molecule is CCOC(=O)NCCNC(=O)C1CC(=O)N(C(C)c2ccccc2)C1. The second kappa shape index (κ2) is 9.05. The third-order valence-electron chi connectivity index (χ3n) is 4.25. The van der Waals surface area contributed by atoms with Crippen LogP contribution >= 0.6 is 0 Å². The lowest BCUT2D eigenvalue weighted by atomic mass is 10.1. The Kier molecular flexibility index (Phi) is 6.80. The van der Waals surface area contributed by atoms with Crippen LogP contribution in [0.5, 0.6) is 0 Å². The molecule has 0 aliphatic carbocycles. The van der Waals surface area contributed by atoms with E-state index in [4.69, 9.17) is 4.74 Å². The van der Waals surface area contributed by atoms with Crippen molar-refractivity contribution in [3.05, 3.63) is 35.9 Å². The molecule has 3 amide bonds. The number of likely N-dealkylation sites (tertiary alicyclic amines) is 1. The van der Waals surface area contributed by atoms with E-state index in [2.05, 4.69) is 10.6 Å². The molecular formula is C18H25N3O4. The van der Waals surface area contributed by atoms with E-state index < -0.39 is 6.09 Å². The molecule has 1 heterocycles. The fourth-order valence-corrected chi connectivity index (χ4v) is 2.87. The smallest absolute Gasteiger partial charge is 0.407 e. The first-order valence-corrected chi connectivity index (χ1v) is 8.55. The summed E-state index contributed by atoms with van der Waals surface area (Å²) in [5.41, 5.74) is 1.05. The molecule has 1 fully saturated rings. The van der Waals surface area contributed by atoms with E-state index in [0.29, 0.717) is 19.7 Å². The summed E-state index contributed by atoms with van der Waals surface area (Å²) in [4.78, 5) is 37.4. The second-order valence-electron chi connectivity index (χ2n) is 5.97. The normalized spacial score (nSPS) is 17.9. The van der Waals surface area contributed by atoms with E-state index in [1.54, 1.807) is 11.8 Å². The third-order valence-corrected chi connectivity index (χ3v) is 4.25. The van der Waals surface area contributed by atoms with Crippen molar-refractivity contribution in [1.29, 1.82) is 0 Å². The van der Waals surface area contributed by atoms with Crippen molar-refractivity contribution < 1.29 is 19.1 Å². The van der Waals surface area contributed by atoms with Crippen LogP contribution in [-0.4, -0.2) is 49.0 Å². The molecule has 7 nitrogen and oxygen atoms in total. The standard InChI is InChI=1S/C18H25N3O4/c1-3-25-18(24)20-10-9-19-17(23)15-11-16(22)21(12-15)13(2)14-7-5-4-6-8-14/h4-8,13,15H,3,9-12H2,1-2H3,(H,19,23)(H,20,24). The molecular weight excluding hydrogens is 322 g/mol. The minimum Gasteiger partial charge on any atom is -0.450 e. The first-order chi connectivity index (χ1) is 12.0. The van der Waals surface area contributed by atoms with Crippen LogP contribution in [-0.2, 0) is 14.3 Å². The van der Waals surface area contributed by atoms with Gasteiger partial charge in [0.1, 0.15) is 0 Å². The number of hydrogen-bond donors (Lipinski definition) is 2. The highest BCUT2D eigenvalue weighted by Crippen LogP contribution is 2.28. The van der Waals surface area contributed by atoms with Crippen LogP contribution in [0.15, 0.2) is 30.3 Å². The number of alkyl carbamates (subject to hydrolysis) is 1. The number of benzene rings is 1. The van der Waals surface area contributed by atoms with Crippen molar-refractivity contribution in [2.45, 2.75) is 26.3 Å². The van der Waals surface area contributed by atoms with E-state index in [1.165, 1.54) is 0 Å². The molecule has 0 spiro atoms. The van der Waals surface area contributed by atoms with Crippen molar-refractivity contribution >= 4 is 17.9 Å². The molecule has 0 saturated carbocycles. The maximum Gasteiger partial charge on any atom is 0.407 e. The van der Waals surface area contributed by atoms with Gasteiger partial charge in [0.15, 0.2) is 0 Å². The number of ether oxygens (including phenoxy) is 1. The zero-order chi connectivity index (χ0) is 18.2. The molecule has 1 aliphatic heterocycles. The quantitative estimate of drug-likeness (QED) is 0.731. The van der Waals surface area contributed by atoms with Gasteiger partial charge < -0.3 is 20.3 Å². The first-order valence-electron chi connectivity index (χ1n) is 8.55. The lowest BCUT2D eigenvalue weighted by Crippen LogP contribution is -2.38. The third kappa shape index (κ3) is 5.20. The van der Waals surface area contributed by atoms with E-state index >= 15 is 0 Å². The van der Waals surface area contributed by atoms with E-state index in [0.717, 1.165) is 5.56 Å².